The van der Waals surface area contributed by atoms with E-state index in [2.05, 4.69) is 20.9 Å². The molecule has 1 heterocycles. The van der Waals surface area contributed by atoms with Crippen LogP contribution in [0.25, 0.3) is 0 Å². The zero-order chi connectivity index (χ0) is 13.3. The van der Waals surface area contributed by atoms with Gasteiger partial charge in [-0.05, 0) is 18.2 Å². The van der Waals surface area contributed by atoms with Crippen molar-refractivity contribution in [2.45, 2.75) is 0 Å². The maximum atomic E-state index is 13.4. The van der Waals surface area contributed by atoms with Crippen molar-refractivity contribution in [1.82, 2.24) is 4.98 Å². The molecule has 0 saturated heterocycles. The van der Waals surface area contributed by atoms with Crippen LogP contribution in [0.5, 0.6) is 0 Å². The summed E-state index contributed by atoms with van der Waals surface area (Å²) in [5.41, 5.74) is -0.307. The Kier molecular flexibility index (Phi) is 3.73. The number of pyridine rings is 1. The number of ketones is 1. The van der Waals surface area contributed by atoms with Crippen molar-refractivity contribution >= 4 is 33.3 Å². The summed E-state index contributed by atoms with van der Waals surface area (Å²) in [6.07, 6.45) is 0.661. The zero-order valence-electron chi connectivity index (χ0n) is 8.75. The predicted molar refractivity (Wildman–Crippen MR) is 66.7 cm³/mol. The lowest BCUT2D eigenvalue weighted by molar-refractivity contribution is 0.103. The van der Waals surface area contributed by atoms with Gasteiger partial charge in [0.15, 0.2) is 11.6 Å². The van der Waals surface area contributed by atoms with Crippen molar-refractivity contribution in [2.24, 2.45) is 0 Å². The van der Waals surface area contributed by atoms with E-state index in [-0.39, 0.29) is 10.6 Å². The molecule has 0 aliphatic carbocycles. The molecule has 0 fully saturated rings. The van der Waals surface area contributed by atoms with E-state index in [9.17, 15) is 13.6 Å². The van der Waals surface area contributed by atoms with Gasteiger partial charge in [-0.3, -0.25) is 4.79 Å². The van der Waals surface area contributed by atoms with Crippen molar-refractivity contribution in [3.8, 4) is 0 Å². The molecule has 0 radical (unpaired) electrons. The van der Waals surface area contributed by atoms with E-state index in [1.165, 1.54) is 12.1 Å². The van der Waals surface area contributed by atoms with Crippen LogP contribution in [-0.2, 0) is 0 Å². The molecule has 1 aromatic carbocycles. The van der Waals surface area contributed by atoms with Crippen molar-refractivity contribution < 1.29 is 13.6 Å². The lowest BCUT2D eigenvalue weighted by Crippen LogP contribution is -2.06. The molecule has 0 N–H and O–H groups in total. The third-order valence-electron chi connectivity index (χ3n) is 2.24. The average molecular weight is 333 g/mol. The number of hydrogen-bond acceptors (Lipinski definition) is 2. The van der Waals surface area contributed by atoms with E-state index >= 15 is 0 Å². The topological polar surface area (TPSA) is 30.0 Å². The first-order chi connectivity index (χ1) is 8.49. The highest BCUT2D eigenvalue weighted by Gasteiger charge is 2.18. The van der Waals surface area contributed by atoms with Crippen LogP contribution in [0.1, 0.15) is 15.9 Å². The Balaban J connectivity index is 2.54. The van der Waals surface area contributed by atoms with E-state index < -0.39 is 23.1 Å². The fourth-order valence-corrected chi connectivity index (χ4v) is 1.97. The minimum atomic E-state index is -0.925. The Morgan fingerprint density at radius 3 is 2.67 bits per heavy atom. The van der Waals surface area contributed by atoms with Gasteiger partial charge in [-0.2, -0.15) is 4.39 Å². The van der Waals surface area contributed by atoms with Gasteiger partial charge < -0.3 is 0 Å². The second-order valence-corrected chi connectivity index (χ2v) is 4.76. The number of rotatable bonds is 2. The first kappa shape index (κ1) is 13.1. The van der Waals surface area contributed by atoms with Gasteiger partial charge in [-0.15, -0.1) is 0 Å². The molecule has 18 heavy (non-hydrogen) atoms. The van der Waals surface area contributed by atoms with Gasteiger partial charge in [0.05, 0.1) is 16.8 Å². The summed E-state index contributed by atoms with van der Waals surface area (Å²) in [6.45, 7) is 0. The van der Waals surface area contributed by atoms with E-state index in [4.69, 9.17) is 11.6 Å². The van der Waals surface area contributed by atoms with Crippen LogP contribution in [0.2, 0.25) is 5.02 Å². The molecule has 0 amide bonds. The fourth-order valence-electron chi connectivity index (χ4n) is 1.40. The molecule has 2 nitrogen and oxygen atoms in total. The molecule has 0 atom stereocenters. The van der Waals surface area contributed by atoms with Gasteiger partial charge in [0.2, 0.25) is 5.95 Å². The van der Waals surface area contributed by atoms with Gasteiger partial charge in [-0.25, -0.2) is 9.37 Å². The Labute approximate surface area is 115 Å². The molecule has 0 spiro atoms. The molecule has 6 heteroatoms. The number of carbonyl (C=O) groups is 1. The molecule has 1 aromatic heterocycles. The van der Waals surface area contributed by atoms with Gasteiger partial charge in [0, 0.05) is 16.1 Å². The van der Waals surface area contributed by atoms with E-state index in [0.717, 1.165) is 6.07 Å². The Bertz CT molecular complexity index is 580. The summed E-state index contributed by atoms with van der Waals surface area (Å²) in [5, 5.41) is 0.167. The maximum Gasteiger partial charge on any atom is 0.213 e. The molecule has 92 valence electrons. The monoisotopic (exact) mass is 331 g/mol. The second-order valence-electron chi connectivity index (χ2n) is 3.44. The maximum absolute atomic E-state index is 13.4. The average Bonchev–Trinajstić information content (AvgIpc) is 2.34. The quantitative estimate of drug-likeness (QED) is 0.614. The SMILES string of the molecule is O=C(c1cc(F)ncc1F)c1cc(Br)ccc1Cl. The van der Waals surface area contributed by atoms with Gasteiger partial charge in [0.1, 0.15) is 0 Å². The highest BCUT2D eigenvalue weighted by Crippen LogP contribution is 2.24. The Hall–Kier alpha value is -1.33. The van der Waals surface area contributed by atoms with Crippen LogP contribution in [0.3, 0.4) is 0 Å². The summed E-state index contributed by atoms with van der Waals surface area (Å²) in [4.78, 5) is 15.2. The van der Waals surface area contributed by atoms with E-state index in [0.29, 0.717) is 10.7 Å². The molecular weight excluding hydrogens is 327 g/mol. The largest absolute Gasteiger partial charge is 0.288 e. The first-order valence-corrected chi connectivity index (χ1v) is 5.97. The van der Waals surface area contributed by atoms with Crippen LogP contribution >= 0.6 is 27.5 Å². The minimum Gasteiger partial charge on any atom is -0.288 e. The highest BCUT2D eigenvalue weighted by atomic mass is 79.9. The number of benzene rings is 1. The van der Waals surface area contributed by atoms with Crippen molar-refractivity contribution in [3.63, 3.8) is 0 Å². The number of halogens is 4. The van der Waals surface area contributed by atoms with Gasteiger partial charge in [0.25, 0.3) is 0 Å². The predicted octanol–water partition coefficient (Wildman–Crippen LogP) is 4.01. The summed E-state index contributed by atoms with van der Waals surface area (Å²) in [5.74, 6) is -2.51. The lowest BCUT2D eigenvalue weighted by atomic mass is 10.0. The molecule has 0 bridgehead atoms. The highest BCUT2D eigenvalue weighted by molar-refractivity contribution is 9.10. The lowest BCUT2D eigenvalue weighted by Gasteiger charge is -2.05. The standard InChI is InChI=1S/C12H5BrClF2NO/c13-6-1-2-9(14)7(3-6)12(18)8-4-11(16)17-5-10(8)15/h1-5H. The van der Waals surface area contributed by atoms with Crippen LogP contribution < -0.4 is 0 Å². The molecule has 2 rings (SSSR count). The molecule has 2 aromatic rings. The van der Waals surface area contributed by atoms with Crippen molar-refractivity contribution in [2.75, 3.05) is 0 Å². The summed E-state index contributed by atoms with van der Waals surface area (Å²) in [7, 11) is 0. The van der Waals surface area contributed by atoms with Crippen molar-refractivity contribution in [3.05, 3.63) is 62.8 Å². The number of aromatic nitrogens is 1. The van der Waals surface area contributed by atoms with Gasteiger partial charge in [-0.1, -0.05) is 27.5 Å². The molecule has 0 aliphatic rings. The van der Waals surface area contributed by atoms with Crippen molar-refractivity contribution in [1.29, 1.82) is 0 Å². The zero-order valence-corrected chi connectivity index (χ0v) is 11.1. The Morgan fingerprint density at radius 2 is 1.94 bits per heavy atom. The fraction of sp³-hybridized carbons (Fsp3) is 0. The van der Waals surface area contributed by atoms with Gasteiger partial charge >= 0.3 is 0 Å². The minimum absolute atomic E-state index is 0.0931. The first-order valence-electron chi connectivity index (χ1n) is 4.80. The van der Waals surface area contributed by atoms with E-state index in [1.54, 1.807) is 6.07 Å². The number of nitrogens with zero attached hydrogens (tertiary/aromatic N) is 1. The summed E-state index contributed by atoms with van der Waals surface area (Å²) < 4.78 is 27.0. The summed E-state index contributed by atoms with van der Waals surface area (Å²) >= 11 is 9.04. The summed E-state index contributed by atoms with van der Waals surface area (Å²) in [6, 6.07) is 5.33. The number of carbonyl (C=O) groups excluding carboxylic acids is 1. The third-order valence-corrected chi connectivity index (χ3v) is 3.06. The molecule has 0 unspecified atom stereocenters. The van der Waals surface area contributed by atoms with Crippen LogP contribution in [0, 0.1) is 11.8 Å². The van der Waals surface area contributed by atoms with Crippen LogP contribution in [0.15, 0.2) is 34.9 Å². The molecular formula is C12H5BrClF2NO. The Morgan fingerprint density at radius 1 is 1.22 bits per heavy atom. The third kappa shape index (κ3) is 2.57. The van der Waals surface area contributed by atoms with Crippen LogP contribution in [0.4, 0.5) is 8.78 Å². The van der Waals surface area contributed by atoms with Crippen LogP contribution in [-0.4, -0.2) is 10.8 Å². The normalized spacial score (nSPS) is 10.4. The van der Waals surface area contributed by atoms with E-state index in [1.807, 2.05) is 0 Å². The number of hydrogen-bond donors (Lipinski definition) is 0. The second kappa shape index (κ2) is 5.12. The molecule has 0 aliphatic heterocycles. The smallest absolute Gasteiger partial charge is 0.213 e. The molecule has 0 saturated carbocycles.